The van der Waals surface area contributed by atoms with Crippen molar-refractivity contribution in [1.82, 2.24) is 25.1 Å². The summed E-state index contributed by atoms with van der Waals surface area (Å²) < 4.78 is 1.95. The zero-order chi connectivity index (χ0) is 19.2. The number of aromatic nitrogens is 4. The van der Waals surface area contributed by atoms with E-state index in [0.29, 0.717) is 0 Å². The van der Waals surface area contributed by atoms with Crippen molar-refractivity contribution in [2.75, 3.05) is 7.05 Å². The number of nitrogens with zero attached hydrogens (tertiary/aromatic N) is 5. The molecule has 1 atom stereocenters. The van der Waals surface area contributed by atoms with Gasteiger partial charge in [-0.05, 0) is 73.3 Å². The fourth-order valence-electron chi connectivity index (χ4n) is 4.25. The SMILES string of the molecule is CCc1cccc(C)c1-n1nnnc1[C@H]1c2ccccc2CC(C)(C)N1C. The van der Waals surface area contributed by atoms with E-state index >= 15 is 0 Å². The molecule has 27 heavy (non-hydrogen) atoms. The van der Waals surface area contributed by atoms with Crippen LogP contribution in [0.2, 0.25) is 0 Å². The first-order valence-electron chi connectivity index (χ1n) is 9.62. The van der Waals surface area contributed by atoms with Crippen LogP contribution in [-0.2, 0) is 12.8 Å². The Morgan fingerprint density at radius 1 is 1.11 bits per heavy atom. The topological polar surface area (TPSA) is 46.8 Å². The van der Waals surface area contributed by atoms with Crippen molar-refractivity contribution < 1.29 is 0 Å². The second kappa shape index (κ2) is 6.57. The van der Waals surface area contributed by atoms with Crippen molar-refractivity contribution in [2.24, 2.45) is 0 Å². The fourth-order valence-corrected chi connectivity index (χ4v) is 4.25. The van der Waals surface area contributed by atoms with E-state index in [4.69, 9.17) is 0 Å². The molecular weight excluding hydrogens is 334 g/mol. The lowest BCUT2D eigenvalue weighted by molar-refractivity contribution is 0.0993. The Balaban J connectivity index is 1.93. The average Bonchev–Trinajstić information content (AvgIpc) is 3.11. The fraction of sp³-hybridized carbons (Fsp3) is 0.409. The number of tetrazole rings is 1. The van der Waals surface area contributed by atoms with Gasteiger partial charge in [0.15, 0.2) is 5.82 Å². The van der Waals surface area contributed by atoms with Gasteiger partial charge in [0.1, 0.15) is 0 Å². The highest BCUT2D eigenvalue weighted by Crippen LogP contribution is 2.40. The highest BCUT2D eigenvalue weighted by Gasteiger charge is 2.40. The molecule has 1 aliphatic heterocycles. The van der Waals surface area contributed by atoms with Crippen LogP contribution in [0.25, 0.3) is 5.69 Å². The molecule has 2 heterocycles. The van der Waals surface area contributed by atoms with E-state index in [2.05, 4.69) is 97.6 Å². The Labute approximate surface area is 161 Å². The second-order valence-electron chi connectivity index (χ2n) is 8.09. The van der Waals surface area contributed by atoms with Crippen LogP contribution in [0.5, 0.6) is 0 Å². The van der Waals surface area contributed by atoms with Gasteiger partial charge in [0.05, 0.1) is 11.7 Å². The highest BCUT2D eigenvalue weighted by atomic mass is 15.6. The molecule has 0 radical (unpaired) electrons. The van der Waals surface area contributed by atoms with E-state index in [1.165, 1.54) is 22.3 Å². The molecule has 1 aliphatic rings. The van der Waals surface area contributed by atoms with E-state index in [-0.39, 0.29) is 11.6 Å². The maximum absolute atomic E-state index is 4.51. The van der Waals surface area contributed by atoms with E-state index < -0.39 is 0 Å². The van der Waals surface area contributed by atoms with Gasteiger partial charge < -0.3 is 0 Å². The second-order valence-corrected chi connectivity index (χ2v) is 8.09. The van der Waals surface area contributed by atoms with Crippen LogP contribution in [0.4, 0.5) is 0 Å². The summed E-state index contributed by atoms with van der Waals surface area (Å²) in [5.41, 5.74) is 6.25. The van der Waals surface area contributed by atoms with E-state index in [9.17, 15) is 0 Å². The number of hydrogen-bond donors (Lipinski definition) is 0. The number of benzene rings is 2. The standard InChI is InChI=1S/C22H27N5/c1-6-16-12-9-10-15(2)19(16)27-21(23-24-25-27)20-18-13-8-7-11-17(18)14-22(3,4)26(20)5/h7-13,20H,6,14H2,1-5H3/t20-/m1/s1. The normalized spacial score (nSPS) is 19.1. The summed E-state index contributed by atoms with van der Waals surface area (Å²) >= 11 is 0. The monoisotopic (exact) mass is 361 g/mol. The number of para-hydroxylation sites is 1. The first-order chi connectivity index (χ1) is 12.9. The minimum atomic E-state index is 0.0178. The number of rotatable bonds is 3. The molecule has 0 unspecified atom stereocenters. The highest BCUT2D eigenvalue weighted by molar-refractivity contribution is 5.48. The van der Waals surface area contributed by atoms with Crippen LogP contribution in [0.15, 0.2) is 42.5 Å². The predicted molar refractivity (Wildman–Crippen MR) is 107 cm³/mol. The molecule has 0 bridgehead atoms. The van der Waals surface area contributed by atoms with Crippen molar-refractivity contribution in [1.29, 1.82) is 0 Å². The molecule has 5 heteroatoms. The summed E-state index contributed by atoms with van der Waals surface area (Å²) in [4.78, 5) is 2.40. The molecule has 0 saturated carbocycles. The van der Waals surface area contributed by atoms with Gasteiger partial charge in [-0.15, -0.1) is 5.10 Å². The van der Waals surface area contributed by atoms with Gasteiger partial charge in [-0.25, -0.2) is 0 Å². The number of hydrogen-bond acceptors (Lipinski definition) is 4. The van der Waals surface area contributed by atoms with Crippen LogP contribution in [0.3, 0.4) is 0 Å². The molecule has 0 saturated heterocycles. The molecule has 4 rings (SSSR count). The summed E-state index contributed by atoms with van der Waals surface area (Å²) in [7, 11) is 2.18. The van der Waals surface area contributed by atoms with Crippen LogP contribution in [0, 0.1) is 6.92 Å². The molecule has 3 aromatic rings. The predicted octanol–water partition coefficient (Wildman–Crippen LogP) is 3.89. The number of aryl methyl sites for hydroxylation is 2. The zero-order valence-corrected chi connectivity index (χ0v) is 16.8. The minimum absolute atomic E-state index is 0.0178. The smallest absolute Gasteiger partial charge is 0.178 e. The van der Waals surface area contributed by atoms with E-state index in [1.54, 1.807) is 0 Å². The van der Waals surface area contributed by atoms with E-state index in [1.807, 2.05) is 4.68 Å². The van der Waals surface area contributed by atoms with Gasteiger partial charge in [-0.2, -0.15) is 4.68 Å². The van der Waals surface area contributed by atoms with Gasteiger partial charge in [0.2, 0.25) is 0 Å². The van der Waals surface area contributed by atoms with E-state index in [0.717, 1.165) is 24.4 Å². The Morgan fingerprint density at radius 3 is 2.67 bits per heavy atom. The Hall–Kier alpha value is -2.53. The molecule has 1 aromatic heterocycles. The average molecular weight is 361 g/mol. The molecular formula is C22H27N5. The Morgan fingerprint density at radius 2 is 1.89 bits per heavy atom. The third kappa shape index (κ3) is 2.86. The summed E-state index contributed by atoms with van der Waals surface area (Å²) in [5.74, 6) is 0.877. The quantitative estimate of drug-likeness (QED) is 0.710. The number of fused-ring (bicyclic) bond motifs is 1. The van der Waals surface area contributed by atoms with Crippen LogP contribution >= 0.6 is 0 Å². The molecule has 0 aliphatic carbocycles. The van der Waals surface area contributed by atoms with Gasteiger partial charge in [-0.1, -0.05) is 49.4 Å². The lowest BCUT2D eigenvalue weighted by atomic mass is 9.81. The summed E-state index contributed by atoms with van der Waals surface area (Å²) in [6, 6.07) is 15.1. The third-order valence-corrected chi connectivity index (χ3v) is 5.97. The first-order valence-corrected chi connectivity index (χ1v) is 9.62. The van der Waals surface area contributed by atoms with Gasteiger partial charge in [0.25, 0.3) is 0 Å². The molecule has 0 amide bonds. The number of likely N-dealkylation sites (N-methyl/N-ethyl adjacent to an activating group) is 1. The van der Waals surface area contributed by atoms with Gasteiger partial charge in [0, 0.05) is 5.54 Å². The lowest BCUT2D eigenvalue weighted by Crippen LogP contribution is -2.49. The molecule has 0 fully saturated rings. The van der Waals surface area contributed by atoms with Crippen molar-refractivity contribution in [3.8, 4) is 5.69 Å². The van der Waals surface area contributed by atoms with Crippen molar-refractivity contribution in [3.63, 3.8) is 0 Å². The largest absolute Gasteiger partial charge is 0.287 e. The van der Waals surface area contributed by atoms with Crippen molar-refractivity contribution in [3.05, 3.63) is 70.5 Å². The summed E-state index contributed by atoms with van der Waals surface area (Å²) in [5, 5.41) is 13.0. The molecule has 0 spiro atoms. The molecule has 2 aromatic carbocycles. The van der Waals surface area contributed by atoms with Gasteiger partial charge in [-0.3, -0.25) is 4.90 Å². The maximum atomic E-state index is 4.51. The van der Waals surface area contributed by atoms with Gasteiger partial charge >= 0.3 is 0 Å². The van der Waals surface area contributed by atoms with Crippen LogP contribution in [0.1, 0.15) is 54.9 Å². The molecule has 0 N–H and O–H groups in total. The van der Waals surface area contributed by atoms with Crippen molar-refractivity contribution >= 4 is 0 Å². The maximum Gasteiger partial charge on any atom is 0.178 e. The van der Waals surface area contributed by atoms with Crippen molar-refractivity contribution in [2.45, 2.75) is 52.1 Å². The summed E-state index contributed by atoms with van der Waals surface area (Å²) in [6.07, 6.45) is 1.96. The minimum Gasteiger partial charge on any atom is -0.287 e. The zero-order valence-electron chi connectivity index (χ0n) is 16.8. The third-order valence-electron chi connectivity index (χ3n) is 5.97. The molecule has 140 valence electrons. The van der Waals surface area contributed by atoms with Crippen LogP contribution in [-0.4, -0.2) is 37.7 Å². The Kier molecular flexibility index (Phi) is 4.35. The first kappa shape index (κ1) is 17.9. The lowest BCUT2D eigenvalue weighted by Gasteiger charge is -2.45. The summed E-state index contributed by atoms with van der Waals surface area (Å²) in [6.45, 7) is 8.88. The molecule has 5 nitrogen and oxygen atoms in total. The van der Waals surface area contributed by atoms with Crippen LogP contribution < -0.4 is 0 Å². The Bertz CT molecular complexity index is 972.